The van der Waals surface area contributed by atoms with Gasteiger partial charge in [-0.05, 0) is 42.5 Å². The maximum absolute atomic E-state index is 12.6. The van der Waals surface area contributed by atoms with E-state index in [9.17, 15) is 4.79 Å². The number of furan rings is 1. The van der Waals surface area contributed by atoms with Gasteiger partial charge in [0.25, 0.3) is 5.91 Å². The standard InChI is InChI=1S/C29H19N7O2/c37-29(17-5-2-1-3-6-17)31-20-13-19(14-30-15-20)22-9-10-24-26(32-22)27(36-35-24)28-33-23-8-4-7-21(25(23)34-28)18-11-12-38-16-18/h1-16H,(H,31,37)(H,33,34)(H,35,36). The van der Waals surface area contributed by atoms with E-state index in [0.717, 1.165) is 33.2 Å². The van der Waals surface area contributed by atoms with Crippen LogP contribution in [0.5, 0.6) is 0 Å². The minimum Gasteiger partial charge on any atom is -0.472 e. The Morgan fingerprint density at radius 2 is 1.76 bits per heavy atom. The lowest BCUT2D eigenvalue weighted by atomic mass is 10.1. The third-order valence-electron chi connectivity index (χ3n) is 6.30. The van der Waals surface area contributed by atoms with Crippen LogP contribution in [0.4, 0.5) is 5.69 Å². The summed E-state index contributed by atoms with van der Waals surface area (Å²) in [5.74, 6) is 0.401. The fourth-order valence-electron chi connectivity index (χ4n) is 4.46. The van der Waals surface area contributed by atoms with Crippen LogP contribution in [0.2, 0.25) is 0 Å². The molecule has 0 bridgehead atoms. The zero-order valence-corrected chi connectivity index (χ0v) is 19.8. The third-order valence-corrected chi connectivity index (χ3v) is 6.30. The van der Waals surface area contributed by atoms with Crippen LogP contribution in [0, 0.1) is 0 Å². The molecule has 0 aliphatic heterocycles. The van der Waals surface area contributed by atoms with Gasteiger partial charge in [0.05, 0.1) is 46.7 Å². The number of rotatable bonds is 5. The zero-order chi connectivity index (χ0) is 25.5. The molecule has 0 unspecified atom stereocenters. The summed E-state index contributed by atoms with van der Waals surface area (Å²) in [5, 5.41) is 10.5. The van der Waals surface area contributed by atoms with Crippen molar-refractivity contribution in [2.24, 2.45) is 0 Å². The van der Waals surface area contributed by atoms with Crippen LogP contribution in [0.1, 0.15) is 10.4 Å². The number of hydrogen-bond donors (Lipinski definition) is 3. The number of para-hydroxylation sites is 1. The van der Waals surface area contributed by atoms with Gasteiger partial charge in [-0.25, -0.2) is 9.97 Å². The topological polar surface area (TPSA) is 125 Å². The van der Waals surface area contributed by atoms with Gasteiger partial charge in [-0.15, -0.1) is 0 Å². The van der Waals surface area contributed by atoms with Crippen LogP contribution in [0.3, 0.4) is 0 Å². The second-order valence-corrected chi connectivity index (χ2v) is 8.75. The molecule has 0 aliphatic rings. The smallest absolute Gasteiger partial charge is 0.255 e. The number of amides is 1. The number of carbonyl (C=O) groups excluding carboxylic acids is 1. The van der Waals surface area contributed by atoms with Gasteiger partial charge in [0.15, 0.2) is 11.5 Å². The Kier molecular flexibility index (Phi) is 5.04. The minimum absolute atomic E-state index is 0.204. The van der Waals surface area contributed by atoms with E-state index in [0.29, 0.717) is 34.0 Å². The molecule has 9 heteroatoms. The highest BCUT2D eigenvalue weighted by molar-refractivity contribution is 6.04. The number of fused-ring (bicyclic) bond motifs is 2. The van der Waals surface area contributed by atoms with Crippen LogP contribution >= 0.6 is 0 Å². The molecule has 7 aromatic rings. The maximum Gasteiger partial charge on any atom is 0.255 e. The first-order valence-electron chi connectivity index (χ1n) is 11.9. The average molecular weight is 498 g/mol. The van der Waals surface area contributed by atoms with E-state index in [1.807, 2.05) is 60.7 Å². The molecule has 0 radical (unpaired) electrons. The van der Waals surface area contributed by atoms with Crippen molar-refractivity contribution in [1.82, 2.24) is 30.1 Å². The van der Waals surface area contributed by atoms with Gasteiger partial charge < -0.3 is 14.7 Å². The molecule has 3 N–H and O–H groups in total. The van der Waals surface area contributed by atoms with Crippen molar-refractivity contribution in [2.45, 2.75) is 0 Å². The second kappa shape index (κ2) is 8.82. The monoisotopic (exact) mass is 497 g/mol. The van der Waals surface area contributed by atoms with Crippen molar-refractivity contribution < 1.29 is 9.21 Å². The van der Waals surface area contributed by atoms with Crippen LogP contribution in [0.25, 0.3) is 56.0 Å². The Hall–Kier alpha value is -5.57. The highest BCUT2D eigenvalue weighted by Crippen LogP contribution is 2.32. The summed E-state index contributed by atoms with van der Waals surface area (Å²) in [7, 11) is 0. The van der Waals surface area contributed by atoms with Gasteiger partial charge in [-0.2, -0.15) is 5.10 Å². The molecular weight excluding hydrogens is 478 g/mol. The van der Waals surface area contributed by atoms with E-state index < -0.39 is 0 Å². The van der Waals surface area contributed by atoms with Gasteiger partial charge in [0, 0.05) is 28.5 Å². The summed E-state index contributed by atoms with van der Waals surface area (Å²) >= 11 is 0. The molecule has 0 saturated carbocycles. The molecular formula is C29H19N7O2. The van der Waals surface area contributed by atoms with Crippen LogP contribution in [-0.2, 0) is 0 Å². The molecule has 2 aromatic carbocycles. The number of H-pyrrole nitrogens is 2. The molecule has 0 aliphatic carbocycles. The third kappa shape index (κ3) is 3.79. The van der Waals surface area contributed by atoms with Crippen LogP contribution < -0.4 is 5.32 Å². The number of anilines is 1. The number of carbonyl (C=O) groups is 1. The molecule has 38 heavy (non-hydrogen) atoms. The normalized spacial score (nSPS) is 11.3. The van der Waals surface area contributed by atoms with Crippen molar-refractivity contribution in [3.63, 3.8) is 0 Å². The summed E-state index contributed by atoms with van der Waals surface area (Å²) in [6.45, 7) is 0. The predicted molar refractivity (Wildman–Crippen MR) is 144 cm³/mol. The van der Waals surface area contributed by atoms with E-state index >= 15 is 0 Å². The predicted octanol–water partition coefficient (Wildman–Crippen LogP) is 6.08. The van der Waals surface area contributed by atoms with Crippen molar-refractivity contribution >= 4 is 33.7 Å². The van der Waals surface area contributed by atoms with Gasteiger partial charge in [-0.3, -0.25) is 14.9 Å². The van der Waals surface area contributed by atoms with E-state index in [4.69, 9.17) is 14.4 Å². The zero-order valence-electron chi connectivity index (χ0n) is 19.8. The summed E-state index contributed by atoms with van der Waals surface area (Å²) < 4.78 is 5.27. The van der Waals surface area contributed by atoms with Crippen molar-refractivity contribution in [1.29, 1.82) is 0 Å². The van der Waals surface area contributed by atoms with E-state index in [-0.39, 0.29) is 5.91 Å². The number of nitrogens with zero attached hydrogens (tertiary/aromatic N) is 4. The van der Waals surface area contributed by atoms with E-state index in [2.05, 4.69) is 25.5 Å². The fourth-order valence-corrected chi connectivity index (χ4v) is 4.46. The first-order valence-corrected chi connectivity index (χ1v) is 11.9. The minimum atomic E-state index is -0.204. The van der Waals surface area contributed by atoms with Gasteiger partial charge in [0.1, 0.15) is 5.52 Å². The lowest BCUT2D eigenvalue weighted by Crippen LogP contribution is -2.11. The van der Waals surface area contributed by atoms with Crippen molar-refractivity contribution in [3.8, 4) is 33.9 Å². The molecule has 0 saturated heterocycles. The fraction of sp³-hybridized carbons (Fsp3) is 0. The molecule has 1 amide bonds. The highest BCUT2D eigenvalue weighted by Gasteiger charge is 2.17. The Balaban J connectivity index is 1.25. The first-order chi connectivity index (χ1) is 18.7. The van der Waals surface area contributed by atoms with Crippen molar-refractivity contribution in [2.75, 3.05) is 5.32 Å². The SMILES string of the molecule is O=C(Nc1cncc(-c2ccc3[nH]nc(-c4nc5c(-c6ccoc6)cccc5[nH]4)c3n2)c1)c1ccccc1. The van der Waals surface area contributed by atoms with Crippen molar-refractivity contribution in [3.05, 3.63) is 103 Å². The van der Waals surface area contributed by atoms with Gasteiger partial charge in [-0.1, -0.05) is 30.3 Å². The first kappa shape index (κ1) is 21.7. The number of pyridine rings is 2. The summed E-state index contributed by atoms with van der Waals surface area (Å²) in [6, 6.07) is 22.6. The summed E-state index contributed by atoms with van der Waals surface area (Å²) in [5.41, 5.74) is 8.29. The molecule has 5 heterocycles. The molecule has 5 aromatic heterocycles. The molecule has 0 fully saturated rings. The molecule has 9 nitrogen and oxygen atoms in total. The Morgan fingerprint density at radius 1 is 0.842 bits per heavy atom. The van der Waals surface area contributed by atoms with E-state index in [1.54, 1.807) is 37.1 Å². The highest BCUT2D eigenvalue weighted by atomic mass is 16.3. The number of imidazole rings is 1. The second-order valence-electron chi connectivity index (χ2n) is 8.75. The lowest BCUT2D eigenvalue weighted by Gasteiger charge is -2.07. The average Bonchev–Trinajstić information content (AvgIpc) is 3.73. The van der Waals surface area contributed by atoms with Gasteiger partial charge >= 0.3 is 0 Å². The van der Waals surface area contributed by atoms with Gasteiger partial charge in [0.2, 0.25) is 0 Å². The number of hydrogen-bond acceptors (Lipinski definition) is 6. The lowest BCUT2D eigenvalue weighted by molar-refractivity contribution is 0.102. The molecule has 7 rings (SSSR count). The number of aromatic nitrogens is 6. The largest absolute Gasteiger partial charge is 0.472 e. The summed E-state index contributed by atoms with van der Waals surface area (Å²) in [4.78, 5) is 30.0. The summed E-state index contributed by atoms with van der Waals surface area (Å²) in [6.07, 6.45) is 6.67. The quantitative estimate of drug-likeness (QED) is 0.265. The molecule has 0 atom stereocenters. The van der Waals surface area contributed by atoms with Crippen LogP contribution in [0.15, 0.2) is 102 Å². The number of nitrogens with one attached hydrogen (secondary N) is 3. The van der Waals surface area contributed by atoms with E-state index in [1.165, 1.54) is 0 Å². The Bertz CT molecular complexity index is 1920. The Labute approximate surface area is 215 Å². The molecule has 182 valence electrons. The number of aromatic amines is 2. The van der Waals surface area contributed by atoms with Crippen LogP contribution in [-0.4, -0.2) is 36.0 Å². The molecule has 0 spiro atoms. The number of benzene rings is 2. The Morgan fingerprint density at radius 3 is 2.63 bits per heavy atom. The maximum atomic E-state index is 12.6.